The number of nitrogens with one attached hydrogen (secondary N) is 1. The van der Waals surface area contributed by atoms with Gasteiger partial charge in [-0.1, -0.05) is 29.0 Å². The van der Waals surface area contributed by atoms with Crippen LogP contribution in [0.2, 0.25) is 5.88 Å². The predicted molar refractivity (Wildman–Crippen MR) is 103 cm³/mol. The average molecular weight is 411 g/mol. The van der Waals surface area contributed by atoms with Gasteiger partial charge in [0.15, 0.2) is 11.5 Å². The molecule has 3 heterocycles. The minimum Gasteiger partial charge on any atom is -0.366 e. The van der Waals surface area contributed by atoms with Gasteiger partial charge in [-0.2, -0.15) is 5.26 Å². The lowest BCUT2D eigenvalue weighted by molar-refractivity contribution is 0.211. The monoisotopic (exact) mass is 410 g/mol. The Labute approximate surface area is 175 Å². The highest BCUT2D eigenvalue weighted by atomic mass is 35.5. The fourth-order valence-corrected chi connectivity index (χ4v) is 3.40. The number of benzene rings is 1. The number of aromatic nitrogens is 3. The lowest BCUT2D eigenvalue weighted by atomic mass is 10.0. The Morgan fingerprint density at radius 3 is 3.19 bits per heavy atom. The summed E-state index contributed by atoms with van der Waals surface area (Å²) >= 11 is 6.83. The van der Waals surface area contributed by atoms with Crippen molar-refractivity contribution in [1.82, 2.24) is 19.9 Å². The zero-order valence-electron chi connectivity index (χ0n) is 21.6. The third kappa shape index (κ3) is 4.00. The molecule has 0 saturated carbocycles. The number of likely N-dealkylation sites (tertiary alicyclic amines) is 1. The maximum absolute atomic E-state index is 13.9. The predicted octanol–water partition coefficient (Wildman–Crippen LogP) is 3.83. The number of anilines is 1. The van der Waals surface area contributed by atoms with Crippen LogP contribution in [0.15, 0.2) is 24.5 Å². The van der Waals surface area contributed by atoms with Gasteiger partial charge in [0.25, 0.3) is 0 Å². The van der Waals surface area contributed by atoms with Gasteiger partial charge in [0.2, 0.25) is 0 Å². The summed E-state index contributed by atoms with van der Waals surface area (Å²) in [6.07, 6.45) is -4.41. The second-order valence-electron chi connectivity index (χ2n) is 5.44. The number of rotatable bonds is 4. The Morgan fingerprint density at radius 2 is 2.41 bits per heavy atom. The summed E-state index contributed by atoms with van der Waals surface area (Å²) in [7, 11) is 0. The molecule has 0 radical (unpaired) electrons. The first kappa shape index (κ1) is 10.9. The molecule has 4 rings (SSSR count). The van der Waals surface area contributed by atoms with Crippen molar-refractivity contribution in [2.24, 2.45) is 0 Å². The topological polar surface area (TPSA) is 77.7 Å². The summed E-state index contributed by atoms with van der Waals surface area (Å²) in [5.74, 6) is -1.30. The highest BCUT2D eigenvalue weighted by Crippen LogP contribution is 2.30. The molecule has 6 nitrogen and oxygen atoms in total. The van der Waals surface area contributed by atoms with Gasteiger partial charge < -0.3 is 5.31 Å². The van der Waals surface area contributed by atoms with Gasteiger partial charge in [-0.15, -0.1) is 0 Å². The highest BCUT2D eigenvalue weighted by Gasteiger charge is 2.21. The summed E-state index contributed by atoms with van der Waals surface area (Å²) in [6, 6.07) is 0.224. The van der Waals surface area contributed by atoms with Crippen LogP contribution >= 0.6 is 22.9 Å². The van der Waals surface area contributed by atoms with E-state index in [-0.39, 0.29) is 26.2 Å². The van der Waals surface area contributed by atoms with Crippen molar-refractivity contribution in [3.63, 3.8) is 0 Å². The number of hydrogen-bond acceptors (Lipinski definition) is 7. The summed E-state index contributed by atoms with van der Waals surface area (Å²) in [6.45, 7) is -2.76. The van der Waals surface area contributed by atoms with Gasteiger partial charge in [-0.3, -0.25) is 4.90 Å². The van der Waals surface area contributed by atoms with Gasteiger partial charge in [0.05, 0.1) is 8.30 Å². The second-order valence-corrected chi connectivity index (χ2v) is 7.02. The number of fused-ring (bicyclic) bond motifs is 1. The molecule has 0 aliphatic carbocycles. The molecule has 27 heavy (non-hydrogen) atoms. The normalized spacial score (nSPS) is 26.1. The van der Waals surface area contributed by atoms with Crippen LogP contribution in [-0.4, -0.2) is 39.0 Å². The number of piperidine rings is 1. The average Bonchev–Trinajstić information content (AvgIpc) is 3.17. The Bertz CT molecular complexity index is 1330. The van der Waals surface area contributed by atoms with Crippen molar-refractivity contribution in [3.8, 4) is 6.07 Å². The first-order valence-electron chi connectivity index (χ1n) is 11.7. The second kappa shape index (κ2) is 7.72. The Balaban J connectivity index is 1.73. The molecule has 1 atom stereocenters. The maximum atomic E-state index is 13.9. The fourth-order valence-electron chi connectivity index (χ4n) is 2.41. The van der Waals surface area contributed by atoms with Crippen LogP contribution in [0, 0.1) is 17.1 Å². The smallest absolute Gasteiger partial charge is 0.186 e. The summed E-state index contributed by atoms with van der Waals surface area (Å²) in [5, 5.41) is 9.46. The summed E-state index contributed by atoms with van der Waals surface area (Å²) < 4.78 is 82.2. The van der Waals surface area contributed by atoms with Crippen LogP contribution in [0.4, 0.5) is 10.2 Å². The Morgan fingerprint density at radius 1 is 1.59 bits per heavy atom. The quantitative estimate of drug-likeness (QED) is 0.704. The van der Waals surface area contributed by atoms with Crippen molar-refractivity contribution in [2.45, 2.75) is 25.3 Å². The maximum Gasteiger partial charge on any atom is 0.186 e. The molecular formula is C18H16ClFN6S. The van der Waals surface area contributed by atoms with Crippen molar-refractivity contribution in [3.05, 3.63) is 45.9 Å². The fraction of sp³-hybridized carbons (Fsp3) is 0.333. The van der Waals surface area contributed by atoms with E-state index in [1.807, 2.05) is 0 Å². The molecule has 138 valence electrons. The molecule has 1 unspecified atom stereocenters. The molecule has 1 saturated heterocycles. The SMILES string of the molecule is [2H]c1cc(C([2H])N2CC([2H])([2H])C([2H])(N([2H])c3ncnc4nc(Cl)sc34)C([2H])([2H])C2)cc(C#N)c1F. The highest BCUT2D eigenvalue weighted by molar-refractivity contribution is 7.22. The van der Waals surface area contributed by atoms with Crippen LogP contribution in [-0.2, 0) is 6.52 Å². The van der Waals surface area contributed by atoms with Crippen LogP contribution < -0.4 is 5.31 Å². The molecule has 1 aliphatic heterocycles. The molecule has 3 aromatic rings. The van der Waals surface area contributed by atoms with Crippen LogP contribution in [0.3, 0.4) is 0 Å². The van der Waals surface area contributed by atoms with E-state index in [1.54, 1.807) is 6.07 Å². The van der Waals surface area contributed by atoms with Gasteiger partial charge in [0, 0.05) is 32.5 Å². The minimum absolute atomic E-state index is 0.00318. The summed E-state index contributed by atoms with van der Waals surface area (Å²) in [4.78, 5) is 12.9. The molecule has 0 amide bonds. The van der Waals surface area contributed by atoms with Crippen molar-refractivity contribution < 1.29 is 15.4 Å². The lowest BCUT2D eigenvalue weighted by Crippen LogP contribution is -2.38. The molecule has 2 aromatic heterocycles. The molecule has 1 fully saturated rings. The number of hydrogen-bond donors (Lipinski definition) is 1. The minimum atomic E-state index is -2.82. The van der Waals surface area contributed by atoms with E-state index in [2.05, 4.69) is 15.0 Å². The van der Waals surface area contributed by atoms with Gasteiger partial charge in [0.1, 0.15) is 28.7 Å². The standard InChI is InChI=1S/C18H16ClFN6S/c19-18-25-17-15(27-18)16(22-10-23-17)24-13-3-5-26(6-4-13)9-11-1-2-14(20)12(7-11)8-21/h1-2,7,10,13H,3-6,9H2,(H,22,23,24)/i2D,3D2,4D2,9D,13D/hD. The van der Waals surface area contributed by atoms with E-state index in [9.17, 15) is 4.39 Å². The van der Waals surface area contributed by atoms with Crippen molar-refractivity contribution in [2.75, 3.05) is 18.4 Å². The first-order chi connectivity index (χ1) is 16.2. The van der Waals surface area contributed by atoms with Gasteiger partial charge in [-0.25, -0.2) is 19.3 Å². The molecule has 1 aliphatic rings. The molecule has 1 aromatic carbocycles. The number of nitriles is 1. The van der Waals surface area contributed by atoms with Gasteiger partial charge >= 0.3 is 0 Å². The van der Waals surface area contributed by atoms with E-state index < -0.39 is 55.8 Å². The largest absolute Gasteiger partial charge is 0.366 e. The molecule has 1 N–H and O–H groups in total. The molecule has 9 heteroatoms. The van der Waals surface area contributed by atoms with Crippen LogP contribution in [0.5, 0.6) is 0 Å². The van der Waals surface area contributed by atoms with E-state index in [0.29, 0.717) is 5.31 Å². The molecular weight excluding hydrogens is 387 g/mol. The Hall–Kier alpha value is -2.34. The lowest BCUT2D eigenvalue weighted by Gasteiger charge is -2.32. The van der Waals surface area contributed by atoms with Crippen molar-refractivity contribution >= 4 is 39.1 Å². The third-order valence-corrected chi connectivity index (χ3v) is 4.77. The van der Waals surface area contributed by atoms with E-state index in [0.717, 1.165) is 34.7 Å². The van der Waals surface area contributed by atoms with Crippen LogP contribution in [0.25, 0.3) is 10.3 Å². The van der Waals surface area contributed by atoms with E-state index >= 15 is 0 Å². The number of halogens is 2. The zero-order valence-corrected chi connectivity index (χ0v) is 15.1. The van der Waals surface area contributed by atoms with Crippen molar-refractivity contribution in [1.29, 1.82) is 5.26 Å². The zero-order chi connectivity index (χ0) is 25.9. The van der Waals surface area contributed by atoms with Gasteiger partial charge in [-0.05, 0) is 30.4 Å². The number of nitrogens with zero attached hydrogens (tertiary/aromatic N) is 5. The molecule has 0 bridgehead atoms. The number of thiazole rings is 1. The van der Waals surface area contributed by atoms with E-state index in [1.165, 1.54) is 0 Å². The van der Waals surface area contributed by atoms with Crippen LogP contribution in [0.1, 0.15) is 33.5 Å². The third-order valence-electron chi connectivity index (χ3n) is 3.63. The Kier molecular flexibility index (Phi) is 3.11. The summed E-state index contributed by atoms with van der Waals surface area (Å²) in [5.41, 5.74) is -0.348. The molecule has 0 spiro atoms. The first-order valence-corrected chi connectivity index (χ1v) is 8.85. The van der Waals surface area contributed by atoms with E-state index in [4.69, 9.17) is 27.9 Å².